The third kappa shape index (κ3) is 3.37. The first kappa shape index (κ1) is 15.4. The van der Waals surface area contributed by atoms with Crippen LogP contribution in [-0.4, -0.2) is 15.5 Å². The highest BCUT2D eigenvalue weighted by Gasteiger charge is 2.18. The Balaban J connectivity index is 2.38. The summed E-state index contributed by atoms with van der Waals surface area (Å²) in [5, 5.41) is 0.171. The van der Waals surface area contributed by atoms with Crippen LogP contribution in [0.3, 0.4) is 0 Å². The zero-order chi connectivity index (χ0) is 15.6. The predicted molar refractivity (Wildman–Crippen MR) is 79.6 cm³/mol. The normalized spacial score (nSPS) is 11.2. The summed E-state index contributed by atoms with van der Waals surface area (Å²) in [5.41, 5.74) is 5.72. The lowest BCUT2D eigenvalue weighted by molar-refractivity contribution is 0.415. The number of sulfonamides is 1. The van der Waals surface area contributed by atoms with Crippen molar-refractivity contribution in [3.63, 3.8) is 0 Å². The van der Waals surface area contributed by atoms with Gasteiger partial charge in [-0.1, -0.05) is 11.6 Å². The summed E-state index contributed by atoms with van der Waals surface area (Å²) >= 11 is 5.61. The molecule has 3 N–H and O–H groups in total. The van der Waals surface area contributed by atoms with Crippen molar-refractivity contribution in [2.75, 3.05) is 17.6 Å². The van der Waals surface area contributed by atoms with Crippen molar-refractivity contribution in [1.82, 2.24) is 0 Å². The second-order valence-corrected chi connectivity index (χ2v) is 6.25. The largest absolute Gasteiger partial charge is 0.495 e. The summed E-state index contributed by atoms with van der Waals surface area (Å²) in [6.45, 7) is 0. The summed E-state index contributed by atoms with van der Waals surface area (Å²) < 4.78 is 45.2. The van der Waals surface area contributed by atoms with Crippen LogP contribution in [0.1, 0.15) is 0 Å². The molecule has 0 spiro atoms. The van der Waals surface area contributed by atoms with Crippen molar-refractivity contribution in [2.45, 2.75) is 4.90 Å². The summed E-state index contributed by atoms with van der Waals surface area (Å²) in [7, 11) is -2.60. The first-order valence-corrected chi connectivity index (χ1v) is 7.61. The second-order valence-electron chi connectivity index (χ2n) is 4.13. The molecule has 112 valence electrons. The zero-order valence-corrected chi connectivity index (χ0v) is 12.5. The number of halogens is 2. The van der Waals surface area contributed by atoms with E-state index in [9.17, 15) is 12.8 Å². The molecule has 0 aliphatic heterocycles. The number of rotatable bonds is 4. The Morgan fingerprint density at radius 3 is 2.57 bits per heavy atom. The van der Waals surface area contributed by atoms with Crippen LogP contribution in [0.4, 0.5) is 15.8 Å². The van der Waals surface area contributed by atoms with Crippen LogP contribution in [0.5, 0.6) is 5.75 Å². The number of methoxy groups -OCH3 is 1. The number of nitrogens with one attached hydrogen (secondary N) is 1. The molecule has 0 aliphatic carbocycles. The molecule has 0 atom stereocenters. The number of ether oxygens (including phenoxy) is 1. The maximum atomic E-state index is 13.7. The second kappa shape index (κ2) is 5.79. The summed E-state index contributed by atoms with van der Waals surface area (Å²) in [6.07, 6.45) is 0. The minimum atomic E-state index is -3.97. The molecule has 0 bridgehead atoms. The molecule has 0 unspecified atom stereocenters. The highest BCUT2D eigenvalue weighted by molar-refractivity contribution is 7.92. The first-order chi connectivity index (χ1) is 9.83. The van der Waals surface area contributed by atoms with Gasteiger partial charge in [-0.05, 0) is 30.3 Å². The van der Waals surface area contributed by atoms with Crippen molar-refractivity contribution >= 4 is 33.0 Å². The quantitative estimate of drug-likeness (QED) is 0.845. The zero-order valence-electron chi connectivity index (χ0n) is 10.9. The Hall–Kier alpha value is -1.99. The van der Waals surface area contributed by atoms with Crippen molar-refractivity contribution in [3.8, 4) is 5.75 Å². The van der Waals surface area contributed by atoms with Gasteiger partial charge in [0.1, 0.15) is 11.6 Å². The van der Waals surface area contributed by atoms with Crippen LogP contribution in [-0.2, 0) is 10.0 Å². The van der Waals surface area contributed by atoms with Gasteiger partial charge in [0.25, 0.3) is 10.0 Å². The average molecular weight is 331 g/mol. The molecule has 0 saturated carbocycles. The fourth-order valence-corrected chi connectivity index (χ4v) is 2.88. The fraction of sp³-hybridized carbons (Fsp3) is 0.0769. The standard InChI is InChI=1S/C13H12ClFN2O3S/c1-20-13-7-9(3-4-11(13)16)21(18,19)17-12-5-2-8(14)6-10(12)15/h2-7,17H,16H2,1H3. The third-order valence-electron chi connectivity index (χ3n) is 2.69. The minimum absolute atomic E-state index is 0.0945. The molecule has 0 aliphatic rings. The van der Waals surface area contributed by atoms with Gasteiger partial charge in [-0.15, -0.1) is 0 Å². The monoisotopic (exact) mass is 330 g/mol. The molecule has 0 radical (unpaired) electrons. The van der Waals surface area contributed by atoms with E-state index in [1.54, 1.807) is 0 Å². The SMILES string of the molecule is COc1cc(S(=O)(=O)Nc2ccc(Cl)cc2F)ccc1N. The van der Waals surface area contributed by atoms with Gasteiger partial charge in [-0.25, -0.2) is 12.8 Å². The maximum Gasteiger partial charge on any atom is 0.262 e. The number of nitrogen functional groups attached to an aromatic ring is 1. The molecule has 0 heterocycles. The predicted octanol–water partition coefficient (Wildman–Crippen LogP) is 2.87. The number of hydrogen-bond donors (Lipinski definition) is 2. The topological polar surface area (TPSA) is 81.4 Å². The molecule has 21 heavy (non-hydrogen) atoms. The van der Waals surface area contributed by atoms with Gasteiger partial charge in [0.2, 0.25) is 0 Å². The Morgan fingerprint density at radius 2 is 1.95 bits per heavy atom. The summed E-state index contributed by atoms with van der Waals surface area (Å²) in [4.78, 5) is -0.0945. The van der Waals surface area contributed by atoms with E-state index in [-0.39, 0.29) is 21.4 Å². The molecule has 0 saturated heterocycles. The fourth-order valence-electron chi connectivity index (χ4n) is 1.63. The molecule has 0 aromatic heterocycles. The molecule has 8 heteroatoms. The van der Waals surface area contributed by atoms with Crippen molar-refractivity contribution < 1.29 is 17.5 Å². The minimum Gasteiger partial charge on any atom is -0.495 e. The van der Waals surface area contributed by atoms with Crippen molar-refractivity contribution in [2.24, 2.45) is 0 Å². The molecule has 5 nitrogen and oxygen atoms in total. The number of benzene rings is 2. The average Bonchev–Trinajstić information content (AvgIpc) is 2.42. The van der Waals surface area contributed by atoms with Crippen LogP contribution in [0.2, 0.25) is 5.02 Å². The number of anilines is 2. The Labute approximate surface area is 126 Å². The van der Waals surface area contributed by atoms with Crippen molar-refractivity contribution in [3.05, 3.63) is 47.2 Å². The molecule has 0 amide bonds. The molecular weight excluding hydrogens is 319 g/mol. The van der Waals surface area contributed by atoms with Gasteiger partial charge >= 0.3 is 0 Å². The van der Waals surface area contributed by atoms with E-state index in [0.29, 0.717) is 5.69 Å². The Bertz CT molecular complexity index is 781. The van der Waals surface area contributed by atoms with Crippen LogP contribution in [0.25, 0.3) is 0 Å². The van der Waals surface area contributed by atoms with Crippen LogP contribution < -0.4 is 15.2 Å². The van der Waals surface area contributed by atoms with E-state index in [4.69, 9.17) is 22.1 Å². The summed E-state index contributed by atoms with van der Waals surface area (Å²) in [6, 6.07) is 7.59. The molecular formula is C13H12ClFN2O3S. The van der Waals surface area contributed by atoms with Gasteiger partial charge in [0.15, 0.2) is 0 Å². The van der Waals surface area contributed by atoms with Gasteiger partial charge in [-0.3, -0.25) is 4.72 Å². The maximum absolute atomic E-state index is 13.7. The summed E-state index contributed by atoms with van der Waals surface area (Å²) in [5.74, 6) is -0.553. The lowest BCUT2D eigenvalue weighted by atomic mass is 10.3. The lowest BCUT2D eigenvalue weighted by Crippen LogP contribution is -2.14. The van der Waals surface area contributed by atoms with Crippen molar-refractivity contribution in [1.29, 1.82) is 0 Å². The van der Waals surface area contributed by atoms with E-state index in [0.717, 1.165) is 6.07 Å². The van der Waals surface area contributed by atoms with Crippen LogP contribution >= 0.6 is 11.6 Å². The molecule has 2 aromatic rings. The van der Waals surface area contributed by atoms with Gasteiger partial charge in [0.05, 0.1) is 23.4 Å². The molecule has 2 aromatic carbocycles. The smallest absolute Gasteiger partial charge is 0.262 e. The first-order valence-electron chi connectivity index (χ1n) is 5.75. The Kier molecular flexibility index (Phi) is 4.24. The van der Waals surface area contributed by atoms with Crippen LogP contribution in [0.15, 0.2) is 41.3 Å². The van der Waals surface area contributed by atoms with E-state index < -0.39 is 15.8 Å². The third-order valence-corrected chi connectivity index (χ3v) is 4.29. The van der Waals surface area contributed by atoms with E-state index in [2.05, 4.69) is 4.72 Å². The van der Waals surface area contributed by atoms with E-state index in [1.807, 2.05) is 0 Å². The van der Waals surface area contributed by atoms with Gasteiger partial charge < -0.3 is 10.5 Å². The number of nitrogens with two attached hydrogens (primary N) is 1. The van der Waals surface area contributed by atoms with Crippen LogP contribution in [0, 0.1) is 5.82 Å². The number of hydrogen-bond acceptors (Lipinski definition) is 4. The lowest BCUT2D eigenvalue weighted by Gasteiger charge is -2.11. The van der Waals surface area contributed by atoms with E-state index >= 15 is 0 Å². The molecule has 2 rings (SSSR count). The Morgan fingerprint density at radius 1 is 1.24 bits per heavy atom. The van der Waals surface area contributed by atoms with Gasteiger partial charge in [0, 0.05) is 11.1 Å². The molecule has 0 fully saturated rings. The highest BCUT2D eigenvalue weighted by Crippen LogP contribution is 2.27. The van der Waals surface area contributed by atoms with Gasteiger partial charge in [-0.2, -0.15) is 0 Å². The highest BCUT2D eigenvalue weighted by atomic mass is 35.5. The van der Waals surface area contributed by atoms with E-state index in [1.165, 1.54) is 37.4 Å².